The SMILES string of the molecule is CCC(CC)Nc1cc(C(=O)N[C@H]2C[C@H]3CC[C@@H](C2)N3c2ccc(C(=O)C3CC3)cn2)c(C)nc1C(N)=O. The van der Waals surface area contributed by atoms with Crippen LogP contribution < -0.4 is 21.3 Å². The van der Waals surface area contributed by atoms with Crippen molar-refractivity contribution in [2.45, 2.75) is 96.3 Å². The molecule has 2 amide bonds. The number of hydrogen-bond acceptors (Lipinski definition) is 7. The Hall–Kier alpha value is -3.49. The standard InChI is InChI=1S/C29H38N6O3/c1-4-19(5-2)33-24-14-23(16(3)32-26(24)28(30)37)29(38)34-20-12-21-9-10-22(13-20)35(21)25-11-8-18(15-31-25)27(36)17-6-7-17/h8,11,14-15,17,19-22,33H,4-7,9-10,12-13H2,1-3H3,(H2,30,37)(H,34,38)/t20-,21+,22-. The van der Waals surface area contributed by atoms with E-state index >= 15 is 0 Å². The zero-order chi connectivity index (χ0) is 27.0. The Bertz CT molecular complexity index is 1210. The first-order valence-corrected chi connectivity index (χ1v) is 14.0. The maximum atomic E-state index is 13.4. The largest absolute Gasteiger partial charge is 0.380 e. The van der Waals surface area contributed by atoms with E-state index in [4.69, 9.17) is 5.73 Å². The fourth-order valence-electron chi connectivity index (χ4n) is 6.04. The van der Waals surface area contributed by atoms with Crippen molar-refractivity contribution in [3.05, 3.63) is 46.9 Å². The number of nitrogens with zero attached hydrogens (tertiary/aromatic N) is 3. The molecule has 9 nitrogen and oxygen atoms in total. The summed E-state index contributed by atoms with van der Waals surface area (Å²) in [5.74, 6) is 0.512. The molecule has 202 valence electrons. The van der Waals surface area contributed by atoms with Gasteiger partial charge in [0.2, 0.25) is 0 Å². The molecule has 2 aromatic rings. The number of carbonyl (C=O) groups excluding carboxylic acids is 3. The van der Waals surface area contributed by atoms with Gasteiger partial charge in [-0.3, -0.25) is 14.4 Å². The first-order valence-electron chi connectivity index (χ1n) is 14.0. The number of aromatic nitrogens is 2. The first-order chi connectivity index (χ1) is 18.3. The minimum atomic E-state index is -0.615. The Morgan fingerprint density at radius 1 is 1.08 bits per heavy atom. The van der Waals surface area contributed by atoms with Crippen LogP contribution in [0.3, 0.4) is 0 Å². The molecule has 0 unspecified atom stereocenters. The second kappa shape index (κ2) is 10.7. The Labute approximate surface area is 224 Å². The number of Topliss-reactive ketones (excluding diaryl/α,β-unsaturated/α-hetero) is 1. The fraction of sp³-hybridized carbons (Fsp3) is 0.552. The van der Waals surface area contributed by atoms with Crippen molar-refractivity contribution in [1.82, 2.24) is 15.3 Å². The predicted molar refractivity (Wildman–Crippen MR) is 147 cm³/mol. The van der Waals surface area contributed by atoms with Crippen molar-refractivity contribution in [3.8, 4) is 0 Å². The molecule has 9 heteroatoms. The summed E-state index contributed by atoms with van der Waals surface area (Å²) >= 11 is 0. The fourth-order valence-corrected chi connectivity index (χ4v) is 6.04. The molecular formula is C29H38N6O3. The smallest absolute Gasteiger partial charge is 0.269 e. The highest BCUT2D eigenvalue weighted by molar-refractivity contribution is 6.01. The van der Waals surface area contributed by atoms with Crippen molar-refractivity contribution < 1.29 is 14.4 Å². The van der Waals surface area contributed by atoms with Gasteiger partial charge in [-0.15, -0.1) is 0 Å². The molecule has 0 spiro atoms. The average Bonchev–Trinajstić information content (AvgIpc) is 3.72. The van der Waals surface area contributed by atoms with Crippen LogP contribution in [0.15, 0.2) is 24.4 Å². The highest BCUT2D eigenvalue weighted by Crippen LogP contribution is 2.39. The van der Waals surface area contributed by atoms with Crippen molar-refractivity contribution in [2.75, 3.05) is 10.2 Å². The summed E-state index contributed by atoms with van der Waals surface area (Å²) in [6, 6.07) is 6.38. The van der Waals surface area contributed by atoms with Gasteiger partial charge in [0.05, 0.1) is 16.9 Å². The lowest BCUT2D eigenvalue weighted by atomic mass is 9.96. The van der Waals surface area contributed by atoms with E-state index in [-0.39, 0.29) is 35.4 Å². The van der Waals surface area contributed by atoms with Gasteiger partial charge in [0.15, 0.2) is 11.5 Å². The Balaban J connectivity index is 1.27. The number of rotatable bonds is 10. The summed E-state index contributed by atoms with van der Waals surface area (Å²) in [7, 11) is 0. The first kappa shape index (κ1) is 26.1. The quantitative estimate of drug-likeness (QED) is 0.405. The number of primary amides is 1. The topological polar surface area (TPSA) is 130 Å². The Morgan fingerprint density at radius 2 is 1.76 bits per heavy atom. The van der Waals surface area contributed by atoms with E-state index in [1.165, 1.54) is 0 Å². The molecule has 38 heavy (non-hydrogen) atoms. The van der Waals surface area contributed by atoms with Gasteiger partial charge < -0.3 is 21.3 Å². The number of fused-ring (bicyclic) bond motifs is 2. The second-order valence-electron chi connectivity index (χ2n) is 11.0. The van der Waals surface area contributed by atoms with Gasteiger partial charge in [-0.2, -0.15) is 0 Å². The molecule has 1 saturated carbocycles. The molecule has 0 aromatic carbocycles. The van der Waals surface area contributed by atoms with Crippen molar-refractivity contribution in [1.29, 1.82) is 0 Å². The number of pyridine rings is 2. The summed E-state index contributed by atoms with van der Waals surface area (Å²) in [5.41, 5.74) is 7.90. The van der Waals surface area contributed by atoms with Crippen molar-refractivity contribution >= 4 is 29.1 Å². The number of nitrogens with one attached hydrogen (secondary N) is 2. The summed E-state index contributed by atoms with van der Waals surface area (Å²) in [6.45, 7) is 5.87. The summed E-state index contributed by atoms with van der Waals surface area (Å²) in [6.07, 6.45) is 9.23. The van der Waals surface area contributed by atoms with Crippen LogP contribution in [0.1, 0.15) is 102 Å². The second-order valence-corrected chi connectivity index (χ2v) is 11.0. The maximum Gasteiger partial charge on any atom is 0.269 e. The van der Waals surface area contributed by atoms with Gasteiger partial charge in [0, 0.05) is 41.8 Å². The average molecular weight is 519 g/mol. The number of piperidine rings is 1. The van der Waals surface area contributed by atoms with Crippen LogP contribution in [-0.4, -0.2) is 51.7 Å². The van der Waals surface area contributed by atoms with E-state index in [0.717, 1.165) is 57.2 Å². The minimum Gasteiger partial charge on any atom is -0.380 e. The van der Waals surface area contributed by atoms with E-state index in [2.05, 4.69) is 39.3 Å². The zero-order valence-electron chi connectivity index (χ0n) is 22.5. The maximum absolute atomic E-state index is 13.4. The number of amides is 2. The lowest BCUT2D eigenvalue weighted by Gasteiger charge is -2.40. The molecule has 1 aliphatic carbocycles. The molecule has 4 N–H and O–H groups in total. The summed E-state index contributed by atoms with van der Waals surface area (Å²) in [4.78, 5) is 49.2. The summed E-state index contributed by atoms with van der Waals surface area (Å²) in [5, 5.41) is 6.58. The Morgan fingerprint density at radius 3 is 2.32 bits per heavy atom. The number of aryl methyl sites for hydroxylation is 1. The molecular weight excluding hydrogens is 480 g/mol. The van der Waals surface area contributed by atoms with Crippen LogP contribution in [-0.2, 0) is 0 Å². The van der Waals surface area contributed by atoms with Gasteiger partial charge in [-0.05, 0) is 76.5 Å². The van der Waals surface area contributed by atoms with E-state index < -0.39 is 5.91 Å². The van der Waals surface area contributed by atoms with E-state index in [9.17, 15) is 14.4 Å². The van der Waals surface area contributed by atoms with E-state index in [1.54, 1.807) is 19.2 Å². The summed E-state index contributed by atoms with van der Waals surface area (Å²) < 4.78 is 0. The number of carbonyl (C=O) groups is 3. The number of hydrogen-bond donors (Lipinski definition) is 3. The van der Waals surface area contributed by atoms with Crippen molar-refractivity contribution in [3.63, 3.8) is 0 Å². The number of ketones is 1. The third kappa shape index (κ3) is 5.24. The lowest BCUT2D eigenvalue weighted by Crippen LogP contribution is -2.51. The lowest BCUT2D eigenvalue weighted by molar-refractivity contribution is 0.0922. The van der Waals surface area contributed by atoms with Crippen LogP contribution in [0.2, 0.25) is 0 Å². The van der Waals surface area contributed by atoms with Gasteiger partial charge in [0.25, 0.3) is 11.8 Å². The molecule has 5 rings (SSSR count). The van der Waals surface area contributed by atoms with Gasteiger partial charge in [0.1, 0.15) is 5.82 Å². The third-order valence-corrected chi connectivity index (χ3v) is 8.35. The van der Waals surface area contributed by atoms with E-state index in [0.29, 0.717) is 34.6 Å². The molecule has 0 radical (unpaired) electrons. The molecule has 2 bridgehead atoms. The molecule has 3 aliphatic rings. The van der Waals surface area contributed by atoms with Crippen LogP contribution >= 0.6 is 0 Å². The zero-order valence-corrected chi connectivity index (χ0v) is 22.5. The van der Waals surface area contributed by atoms with E-state index in [1.807, 2.05) is 12.1 Å². The molecule has 2 aliphatic heterocycles. The Kier molecular flexibility index (Phi) is 7.36. The molecule has 4 heterocycles. The van der Waals surface area contributed by atoms with Crippen LogP contribution in [0.4, 0.5) is 11.5 Å². The molecule has 2 saturated heterocycles. The monoisotopic (exact) mass is 518 g/mol. The minimum absolute atomic E-state index is 0.0395. The number of nitrogens with two attached hydrogens (primary N) is 1. The van der Waals surface area contributed by atoms with Gasteiger partial charge in [-0.1, -0.05) is 13.8 Å². The van der Waals surface area contributed by atoms with Crippen LogP contribution in [0.25, 0.3) is 0 Å². The number of anilines is 2. The highest BCUT2D eigenvalue weighted by atomic mass is 16.2. The molecule has 2 aromatic heterocycles. The van der Waals surface area contributed by atoms with Gasteiger partial charge in [-0.25, -0.2) is 9.97 Å². The molecule has 3 fully saturated rings. The normalized spacial score (nSPS) is 22.4. The molecule has 3 atom stereocenters. The third-order valence-electron chi connectivity index (χ3n) is 8.35. The predicted octanol–water partition coefficient (Wildman–Crippen LogP) is 4.01. The van der Waals surface area contributed by atoms with Gasteiger partial charge >= 0.3 is 0 Å². The van der Waals surface area contributed by atoms with Crippen molar-refractivity contribution in [2.24, 2.45) is 11.7 Å². The van der Waals surface area contributed by atoms with Crippen LogP contribution in [0, 0.1) is 12.8 Å². The highest BCUT2D eigenvalue weighted by Gasteiger charge is 2.42. The van der Waals surface area contributed by atoms with Crippen LogP contribution in [0.5, 0.6) is 0 Å².